The van der Waals surface area contributed by atoms with Gasteiger partial charge in [0.05, 0.1) is 0 Å². The molecule has 47 valence electrons. The van der Waals surface area contributed by atoms with Crippen LogP contribution in [0.2, 0.25) is 0 Å². The van der Waals surface area contributed by atoms with Gasteiger partial charge < -0.3 is 0 Å². The molecule has 1 rings (SSSR count). The van der Waals surface area contributed by atoms with Crippen molar-refractivity contribution in [2.45, 2.75) is 4.90 Å². The predicted octanol–water partition coefficient (Wildman–Crippen LogP) is 3.08. The van der Waals surface area contributed by atoms with Crippen molar-refractivity contribution in [3.63, 3.8) is 0 Å². The summed E-state index contributed by atoms with van der Waals surface area (Å²) < 4.78 is 0. The Morgan fingerprint density at radius 3 is 2.22 bits per heavy atom. The van der Waals surface area contributed by atoms with E-state index in [1.54, 1.807) is 12.1 Å². The van der Waals surface area contributed by atoms with Crippen molar-refractivity contribution in [2.75, 3.05) is 0 Å². The van der Waals surface area contributed by atoms with Gasteiger partial charge in [0.1, 0.15) is 0 Å². The maximum Gasteiger partial charge on any atom is 0.178 e. The lowest BCUT2D eigenvalue weighted by Crippen LogP contribution is -1.63. The van der Waals surface area contributed by atoms with Crippen LogP contribution < -0.4 is 0 Å². The van der Waals surface area contributed by atoms with Crippen molar-refractivity contribution < 1.29 is 5.11 Å². The van der Waals surface area contributed by atoms with E-state index in [0.717, 1.165) is 15.9 Å². The molecular formula is C6H4ClOS. The van der Waals surface area contributed by atoms with Crippen LogP contribution in [0.25, 0.3) is 0 Å². The summed E-state index contributed by atoms with van der Waals surface area (Å²) in [5, 5.41) is 10.5. The lowest BCUT2D eigenvalue weighted by Gasteiger charge is -1.89. The van der Waals surface area contributed by atoms with Gasteiger partial charge in [-0.1, -0.05) is 0 Å². The molecule has 0 saturated carbocycles. The molecule has 0 unspecified atom stereocenters. The number of halogens is 1. The lowest BCUT2D eigenvalue weighted by atomic mass is 10.3. The first kappa shape index (κ1) is 6.78. The van der Waals surface area contributed by atoms with Crippen molar-refractivity contribution in [2.24, 2.45) is 0 Å². The van der Waals surface area contributed by atoms with Crippen LogP contribution in [0.5, 0.6) is 5.75 Å². The van der Waals surface area contributed by atoms with Crippen LogP contribution in [0.3, 0.4) is 0 Å². The van der Waals surface area contributed by atoms with Gasteiger partial charge in [-0.25, -0.2) is 0 Å². The Morgan fingerprint density at radius 2 is 1.78 bits per heavy atom. The van der Waals surface area contributed by atoms with E-state index in [0.29, 0.717) is 0 Å². The summed E-state index contributed by atoms with van der Waals surface area (Å²) >= 11 is 0. The third-order valence-electron chi connectivity index (χ3n) is 0.913. The monoisotopic (exact) mass is 159 g/mol. The van der Waals surface area contributed by atoms with Gasteiger partial charge in [-0.3, -0.25) is 5.11 Å². The van der Waals surface area contributed by atoms with Crippen molar-refractivity contribution in [3.8, 4) is 5.75 Å². The van der Waals surface area contributed by atoms with Crippen molar-refractivity contribution >= 4 is 21.7 Å². The molecule has 0 saturated heterocycles. The van der Waals surface area contributed by atoms with Crippen LogP contribution in [0, 0.1) is 0 Å². The fraction of sp³-hybridized carbons (Fsp3) is 0. The molecule has 0 aliphatic heterocycles. The van der Waals surface area contributed by atoms with Crippen molar-refractivity contribution in [1.82, 2.24) is 0 Å². The van der Waals surface area contributed by atoms with Crippen LogP contribution >= 0.6 is 21.7 Å². The summed E-state index contributed by atoms with van der Waals surface area (Å²) in [6, 6.07) is 6.37. The molecule has 0 spiro atoms. The Morgan fingerprint density at radius 1 is 1.22 bits per heavy atom. The summed E-state index contributed by atoms with van der Waals surface area (Å²) in [7, 11) is 6.50. The number of hydrogen-bond donors (Lipinski definition) is 0. The maximum absolute atomic E-state index is 10.5. The molecule has 0 bridgehead atoms. The Bertz CT molecular complexity index is 185. The maximum atomic E-state index is 10.5. The van der Waals surface area contributed by atoms with E-state index in [2.05, 4.69) is 0 Å². The van der Waals surface area contributed by atoms with Gasteiger partial charge in [0.25, 0.3) is 0 Å². The summed E-state index contributed by atoms with van der Waals surface area (Å²) in [5.74, 6) is 0.0180. The Hall–Kier alpha value is -0.340. The normalized spacial score (nSPS) is 9.44. The number of rotatable bonds is 1. The average Bonchev–Trinajstić information content (AvgIpc) is 1.90. The molecule has 0 fully saturated rings. The summed E-state index contributed by atoms with van der Waals surface area (Å²) in [6.07, 6.45) is 0. The standard InChI is InChI=1S/C6H4ClOS/c7-9-6-3-1-5(8)2-4-6/h1-4H. The molecule has 1 radical (unpaired) electrons. The highest BCUT2D eigenvalue weighted by atomic mass is 35.7. The van der Waals surface area contributed by atoms with Gasteiger partial charge in [-0.15, -0.1) is 0 Å². The molecule has 0 aliphatic rings. The molecule has 1 nitrogen and oxygen atoms in total. The second-order valence-electron chi connectivity index (χ2n) is 1.55. The minimum absolute atomic E-state index is 0.0180. The van der Waals surface area contributed by atoms with Gasteiger partial charge in [0.2, 0.25) is 0 Å². The molecule has 0 heterocycles. The van der Waals surface area contributed by atoms with E-state index in [-0.39, 0.29) is 5.75 Å². The quantitative estimate of drug-likeness (QED) is 0.617. The summed E-state index contributed by atoms with van der Waals surface area (Å²) in [4.78, 5) is 0.899. The zero-order valence-electron chi connectivity index (χ0n) is 4.50. The highest BCUT2D eigenvalue weighted by molar-refractivity contribution is 8.21. The Balaban J connectivity index is 2.88. The third-order valence-corrected chi connectivity index (χ3v) is 1.90. The number of benzene rings is 1. The smallest absolute Gasteiger partial charge is 0.178 e. The Labute approximate surface area is 62.2 Å². The minimum atomic E-state index is 0.0180. The van der Waals surface area contributed by atoms with Gasteiger partial charge in [-0.05, 0) is 45.9 Å². The van der Waals surface area contributed by atoms with Crippen molar-refractivity contribution in [1.29, 1.82) is 0 Å². The zero-order valence-corrected chi connectivity index (χ0v) is 6.08. The summed E-state index contributed by atoms with van der Waals surface area (Å²) in [5.41, 5.74) is 0. The predicted molar refractivity (Wildman–Crippen MR) is 38.3 cm³/mol. The number of hydrogen-bond acceptors (Lipinski definition) is 1. The largest absolute Gasteiger partial charge is 0.290 e. The first-order valence-electron chi connectivity index (χ1n) is 2.38. The average molecular weight is 160 g/mol. The SMILES string of the molecule is [O]c1ccc(SCl)cc1. The van der Waals surface area contributed by atoms with Crippen LogP contribution in [-0.2, 0) is 5.11 Å². The zero-order chi connectivity index (χ0) is 6.69. The molecule has 3 heteroatoms. The molecule has 1 aromatic carbocycles. The Kier molecular flexibility index (Phi) is 2.25. The second kappa shape index (κ2) is 2.99. The first-order valence-corrected chi connectivity index (χ1v) is 4.03. The van der Waals surface area contributed by atoms with E-state index in [1.165, 1.54) is 12.1 Å². The van der Waals surface area contributed by atoms with E-state index in [4.69, 9.17) is 10.7 Å². The van der Waals surface area contributed by atoms with Crippen LogP contribution in [-0.4, -0.2) is 0 Å². The van der Waals surface area contributed by atoms with E-state index >= 15 is 0 Å². The highest BCUT2D eigenvalue weighted by Gasteiger charge is 1.90. The fourth-order valence-corrected chi connectivity index (χ4v) is 1.04. The van der Waals surface area contributed by atoms with E-state index in [1.807, 2.05) is 0 Å². The van der Waals surface area contributed by atoms with Crippen LogP contribution in [0.4, 0.5) is 0 Å². The van der Waals surface area contributed by atoms with Crippen molar-refractivity contribution in [3.05, 3.63) is 24.3 Å². The third kappa shape index (κ3) is 1.80. The molecule has 9 heavy (non-hydrogen) atoms. The molecule has 1 aromatic rings. The van der Waals surface area contributed by atoms with Gasteiger partial charge in [0, 0.05) is 4.90 Å². The van der Waals surface area contributed by atoms with Gasteiger partial charge >= 0.3 is 0 Å². The lowest BCUT2D eigenvalue weighted by molar-refractivity contribution is 0.354. The summed E-state index contributed by atoms with van der Waals surface area (Å²) in [6.45, 7) is 0. The minimum Gasteiger partial charge on any atom is -0.290 e. The second-order valence-corrected chi connectivity index (χ2v) is 2.64. The highest BCUT2D eigenvalue weighted by Crippen LogP contribution is 2.23. The fourth-order valence-electron chi connectivity index (χ4n) is 0.491. The molecule has 0 N–H and O–H groups in total. The van der Waals surface area contributed by atoms with E-state index < -0.39 is 0 Å². The topological polar surface area (TPSA) is 19.9 Å². The molecule has 0 amide bonds. The van der Waals surface area contributed by atoms with Gasteiger partial charge in [0.15, 0.2) is 5.75 Å². The molecule has 0 aromatic heterocycles. The van der Waals surface area contributed by atoms with Crippen LogP contribution in [0.15, 0.2) is 29.2 Å². The molecular weight excluding hydrogens is 156 g/mol. The first-order chi connectivity index (χ1) is 4.33. The van der Waals surface area contributed by atoms with Gasteiger partial charge in [-0.2, -0.15) is 0 Å². The molecule has 0 atom stereocenters. The van der Waals surface area contributed by atoms with Crippen LogP contribution in [0.1, 0.15) is 0 Å². The van der Waals surface area contributed by atoms with E-state index in [9.17, 15) is 5.11 Å². The molecule has 0 aliphatic carbocycles.